The molecule has 1 saturated heterocycles. The minimum Gasteiger partial charge on any atom is -0.497 e. The molecule has 8 heteroatoms. The summed E-state index contributed by atoms with van der Waals surface area (Å²) >= 11 is 0. The maximum Gasteiger partial charge on any atom is 0.274 e. The lowest BCUT2D eigenvalue weighted by Gasteiger charge is -2.15. The summed E-state index contributed by atoms with van der Waals surface area (Å²) in [6, 6.07) is 15.5. The van der Waals surface area contributed by atoms with E-state index in [4.69, 9.17) is 4.74 Å². The Morgan fingerprint density at radius 2 is 1.74 bits per heavy atom. The zero-order valence-electron chi connectivity index (χ0n) is 17.2. The number of carbonyl (C=O) groups is 2. The molecule has 160 valence electrons. The largest absolute Gasteiger partial charge is 0.497 e. The van der Waals surface area contributed by atoms with E-state index in [9.17, 15) is 14.7 Å². The minimum atomic E-state index is -0.373. The van der Waals surface area contributed by atoms with Crippen LogP contribution in [0.4, 0.5) is 5.69 Å². The number of aliphatic hydroxyl groups is 1. The van der Waals surface area contributed by atoms with Crippen LogP contribution in [0.15, 0.2) is 54.6 Å². The minimum absolute atomic E-state index is 0.0144. The number of likely N-dealkylation sites (tertiary alicyclic amines) is 1. The lowest BCUT2D eigenvalue weighted by molar-refractivity contribution is 0.0792. The maximum atomic E-state index is 12.9. The quantitative estimate of drug-likeness (QED) is 0.639. The van der Waals surface area contributed by atoms with Crippen molar-refractivity contribution in [2.75, 3.05) is 25.5 Å². The summed E-state index contributed by atoms with van der Waals surface area (Å²) in [6.07, 6.45) is 2.08. The predicted octanol–water partition coefficient (Wildman–Crippen LogP) is 2.86. The van der Waals surface area contributed by atoms with Gasteiger partial charge in [-0.15, -0.1) is 0 Å². The van der Waals surface area contributed by atoms with Crippen LogP contribution in [0.1, 0.15) is 39.4 Å². The van der Waals surface area contributed by atoms with Crippen molar-refractivity contribution in [1.82, 2.24) is 14.7 Å². The Hall–Kier alpha value is -3.65. The van der Waals surface area contributed by atoms with Gasteiger partial charge in [0.05, 0.1) is 25.1 Å². The Labute approximate surface area is 180 Å². The molecule has 3 aromatic rings. The number of aromatic nitrogens is 2. The lowest BCUT2D eigenvalue weighted by atomic mass is 10.2. The van der Waals surface area contributed by atoms with E-state index in [0.717, 1.165) is 25.9 Å². The molecular weight excluding hydrogens is 396 g/mol. The first-order valence-corrected chi connectivity index (χ1v) is 10.1. The Balaban J connectivity index is 1.52. The second-order valence-corrected chi connectivity index (χ2v) is 7.32. The van der Waals surface area contributed by atoms with Gasteiger partial charge in [0.15, 0.2) is 0 Å². The number of aliphatic hydroxyl groups excluding tert-OH is 1. The highest BCUT2D eigenvalue weighted by Crippen LogP contribution is 2.20. The fourth-order valence-corrected chi connectivity index (χ4v) is 3.58. The van der Waals surface area contributed by atoms with Crippen molar-refractivity contribution >= 4 is 17.5 Å². The number of amides is 2. The van der Waals surface area contributed by atoms with E-state index in [1.165, 1.54) is 4.68 Å². The van der Waals surface area contributed by atoms with Crippen molar-refractivity contribution in [3.05, 3.63) is 71.5 Å². The average molecular weight is 420 g/mol. The maximum absolute atomic E-state index is 12.9. The van der Waals surface area contributed by atoms with Gasteiger partial charge in [-0.2, -0.15) is 5.10 Å². The second kappa shape index (κ2) is 9.01. The first kappa shape index (κ1) is 20.6. The number of benzene rings is 2. The van der Waals surface area contributed by atoms with Gasteiger partial charge in [-0.1, -0.05) is 0 Å². The fraction of sp³-hybridized carbons (Fsp3) is 0.261. The van der Waals surface area contributed by atoms with E-state index in [1.807, 2.05) is 4.90 Å². The first-order valence-electron chi connectivity index (χ1n) is 10.1. The monoisotopic (exact) mass is 420 g/mol. The molecule has 0 unspecified atom stereocenters. The second-order valence-electron chi connectivity index (χ2n) is 7.32. The van der Waals surface area contributed by atoms with Crippen LogP contribution in [-0.2, 0) is 6.61 Å². The molecule has 2 aromatic carbocycles. The highest BCUT2D eigenvalue weighted by Gasteiger charge is 2.20. The molecule has 0 spiro atoms. The van der Waals surface area contributed by atoms with Gasteiger partial charge in [0.2, 0.25) is 0 Å². The van der Waals surface area contributed by atoms with Gasteiger partial charge < -0.3 is 20.1 Å². The highest BCUT2D eigenvalue weighted by molar-refractivity contribution is 6.04. The summed E-state index contributed by atoms with van der Waals surface area (Å²) in [4.78, 5) is 27.3. The number of methoxy groups -OCH3 is 1. The number of nitrogens with zero attached hydrogens (tertiary/aromatic N) is 3. The van der Waals surface area contributed by atoms with Crippen molar-refractivity contribution in [3.8, 4) is 11.4 Å². The molecule has 2 N–H and O–H groups in total. The van der Waals surface area contributed by atoms with Crippen molar-refractivity contribution in [3.63, 3.8) is 0 Å². The lowest BCUT2D eigenvalue weighted by Crippen LogP contribution is -2.27. The van der Waals surface area contributed by atoms with Crippen molar-refractivity contribution in [2.24, 2.45) is 0 Å². The van der Waals surface area contributed by atoms with E-state index in [1.54, 1.807) is 61.7 Å². The van der Waals surface area contributed by atoms with Gasteiger partial charge in [0, 0.05) is 24.3 Å². The van der Waals surface area contributed by atoms with Crippen molar-refractivity contribution in [1.29, 1.82) is 0 Å². The Morgan fingerprint density at radius 3 is 2.35 bits per heavy atom. The summed E-state index contributed by atoms with van der Waals surface area (Å²) in [6.45, 7) is 1.30. The molecule has 0 bridgehead atoms. The highest BCUT2D eigenvalue weighted by atomic mass is 16.5. The van der Waals surface area contributed by atoms with Crippen LogP contribution in [0.25, 0.3) is 5.69 Å². The van der Waals surface area contributed by atoms with Gasteiger partial charge in [-0.25, -0.2) is 4.68 Å². The summed E-state index contributed by atoms with van der Waals surface area (Å²) < 4.78 is 6.65. The van der Waals surface area contributed by atoms with Gasteiger partial charge >= 0.3 is 0 Å². The van der Waals surface area contributed by atoms with Crippen LogP contribution < -0.4 is 10.1 Å². The van der Waals surface area contributed by atoms with Gasteiger partial charge in [-0.3, -0.25) is 9.59 Å². The average Bonchev–Trinajstić information content (AvgIpc) is 3.49. The molecular formula is C23H24N4O4. The molecule has 1 aliphatic heterocycles. The van der Waals surface area contributed by atoms with Crippen LogP contribution in [0, 0.1) is 0 Å². The Bertz CT molecular complexity index is 1070. The predicted molar refractivity (Wildman–Crippen MR) is 116 cm³/mol. The third kappa shape index (κ3) is 4.44. The molecule has 4 rings (SSSR count). The van der Waals surface area contributed by atoms with Crippen LogP contribution in [0.2, 0.25) is 0 Å². The molecule has 0 saturated carbocycles. The number of nitrogens with one attached hydrogen (secondary N) is 1. The number of ether oxygens (including phenoxy) is 1. The zero-order chi connectivity index (χ0) is 21.8. The third-order valence-corrected chi connectivity index (χ3v) is 5.25. The van der Waals surface area contributed by atoms with Gasteiger partial charge in [0.1, 0.15) is 11.4 Å². The number of anilines is 1. The molecule has 31 heavy (non-hydrogen) atoms. The van der Waals surface area contributed by atoms with Crippen LogP contribution in [0.3, 0.4) is 0 Å². The summed E-state index contributed by atoms with van der Waals surface area (Å²) in [5.41, 5.74) is 2.50. The number of hydrogen-bond donors (Lipinski definition) is 2. The molecule has 1 aliphatic rings. The van der Waals surface area contributed by atoms with Crippen LogP contribution in [-0.4, -0.2) is 51.8 Å². The van der Waals surface area contributed by atoms with Crippen LogP contribution in [0.5, 0.6) is 5.75 Å². The van der Waals surface area contributed by atoms with Crippen molar-refractivity contribution in [2.45, 2.75) is 19.4 Å². The van der Waals surface area contributed by atoms with E-state index in [2.05, 4.69) is 10.4 Å². The molecule has 2 heterocycles. The van der Waals surface area contributed by atoms with E-state index >= 15 is 0 Å². The first-order chi connectivity index (χ1) is 15.1. The van der Waals surface area contributed by atoms with Crippen LogP contribution >= 0.6 is 0 Å². The topological polar surface area (TPSA) is 96.7 Å². The number of hydrogen-bond acceptors (Lipinski definition) is 5. The Kier molecular flexibility index (Phi) is 5.99. The summed E-state index contributed by atoms with van der Waals surface area (Å²) in [5, 5.41) is 16.6. The summed E-state index contributed by atoms with van der Waals surface area (Å²) in [7, 11) is 1.58. The van der Waals surface area contributed by atoms with E-state index in [0.29, 0.717) is 28.4 Å². The molecule has 8 nitrogen and oxygen atoms in total. The molecule has 0 radical (unpaired) electrons. The van der Waals surface area contributed by atoms with Gasteiger partial charge in [-0.05, 0) is 67.4 Å². The SMILES string of the molecule is COc1ccc(-n2nc(CO)cc2C(=O)Nc2ccc(C(=O)N3CCCC3)cc2)cc1. The molecule has 1 fully saturated rings. The number of carbonyl (C=O) groups excluding carboxylic acids is 2. The standard InChI is InChI=1S/C23H24N4O4/c1-31-20-10-8-19(9-11-20)27-21(14-18(15-28)25-27)22(29)24-17-6-4-16(5-7-17)23(30)26-12-2-3-13-26/h4-11,14,28H,2-3,12-13,15H2,1H3,(H,24,29). The molecule has 0 aliphatic carbocycles. The van der Waals surface area contributed by atoms with E-state index < -0.39 is 0 Å². The molecule has 0 atom stereocenters. The smallest absolute Gasteiger partial charge is 0.274 e. The fourth-order valence-electron chi connectivity index (χ4n) is 3.58. The molecule has 1 aromatic heterocycles. The third-order valence-electron chi connectivity index (χ3n) is 5.25. The molecule has 2 amide bonds. The number of rotatable bonds is 6. The summed E-state index contributed by atoms with van der Waals surface area (Å²) in [5.74, 6) is 0.329. The zero-order valence-corrected chi connectivity index (χ0v) is 17.2. The Morgan fingerprint density at radius 1 is 1.06 bits per heavy atom. The normalized spacial score (nSPS) is 13.3. The van der Waals surface area contributed by atoms with E-state index in [-0.39, 0.29) is 24.1 Å². The van der Waals surface area contributed by atoms with Crippen molar-refractivity contribution < 1.29 is 19.4 Å². The van der Waals surface area contributed by atoms with Gasteiger partial charge in [0.25, 0.3) is 11.8 Å².